The van der Waals surface area contributed by atoms with E-state index in [4.69, 9.17) is 9.88 Å². The molecule has 0 radical (unpaired) electrons. The largest absolute Gasteiger partial charge is 0.484 e. The number of hydrogen-bond donors (Lipinski definition) is 3. The van der Waals surface area contributed by atoms with Gasteiger partial charge in [-0.05, 0) is 60.7 Å². The normalized spacial score (nSPS) is 11.5. The second-order valence-electron chi connectivity index (χ2n) is 6.97. The third-order valence-corrected chi connectivity index (χ3v) is 5.29. The number of nitrogens with one attached hydrogen (secondary N) is 2. The molecular formula is C22H18F3N3O5S. The summed E-state index contributed by atoms with van der Waals surface area (Å²) < 4.78 is 66.4. The Morgan fingerprint density at radius 1 is 0.882 bits per heavy atom. The van der Waals surface area contributed by atoms with Crippen molar-refractivity contribution in [1.29, 1.82) is 0 Å². The van der Waals surface area contributed by atoms with Gasteiger partial charge in [0.2, 0.25) is 10.0 Å². The van der Waals surface area contributed by atoms with Gasteiger partial charge in [0.1, 0.15) is 5.75 Å². The lowest BCUT2D eigenvalue weighted by molar-refractivity contribution is -0.137. The lowest BCUT2D eigenvalue weighted by Gasteiger charge is -2.11. The highest BCUT2D eigenvalue weighted by atomic mass is 32.2. The number of nitrogens with two attached hydrogens (primary N) is 1. The number of hydrogen-bond acceptors (Lipinski definition) is 5. The molecule has 12 heteroatoms. The van der Waals surface area contributed by atoms with Crippen LogP contribution in [0.15, 0.2) is 77.7 Å². The number of benzene rings is 3. The van der Waals surface area contributed by atoms with E-state index in [1.807, 2.05) is 0 Å². The van der Waals surface area contributed by atoms with Gasteiger partial charge >= 0.3 is 6.18 Å². The highest BCUT2D eigenvalue weighted by molar-refractivity contribution is 7.89. The molecule has 0 heterocycles. The monoisotopic (exact) mass is 493 g/mol. The van der Waals surface area contributed by atoms with E-state index in [9.17, 15) is 31.2 Å². The van der Waals surface area contributed by atoms with Crippen LogP contribution in [0, 0.1) is 0 Å². The standard InChI is InChI=1S/C22H18F3N3O5S/c23-22(24,25)15-3-1-4-16(11-15)27-20(29)13-33-18-9-7-14(8-10-18)21(30)28-17-5-2-6-19(12-17)34(26,31)32/h1-12H,13H2,(H,27,29)(H,28,30)(H2,26,31,32). The molecule has 2 amide bonds. The van der Waals surface area contributed by atoms with Crippen LogP contribution in [0.2, 0.25) is 0 Å². The van der Waals surface area contributed by atoms with Crippen molar-refractivity contribution in [1.82, 2.24) is 0 Å². The number of ether oxygens (including phenoxy) is 1. The highest BCUT2D eigenvalue weighted by Crippen LogP contribution is 2.30. The first-order chi connectivity index (χ1) is 15.9. The van der Waals surface area contributed by atoms with Gasteiger partial charge in [-0.3, -0.25) is 9.59 Å². The fourth-order valence-electron chi connectivity index (χ4n) is 2.78. The minimum atomic E-state index is -4.53. The van der Waals surface area contributed by atoms with Crippen molar-refractivity contribution in [3.8, 4) is 5.75 Å². The third kappa shape index (κ3) is 6.80. The highest BCUT2D eigenvalue weighted by Gasteiger charge is 2.30. The first-order valence-corrected chi connectivity index (χ1v) is 11.1. The van der Waals surface area contributed by atoms with Crippen LogP contribution in [0.1, 0.15) is 15.9 Å². The van der Waals surface area contributed by atoms with Crippen LogP contribution in [-0.2, 0) is 21.0 Å². The zero-order valence-corrected chi connectivity index (χ0v) is 18.1. The molecule has 0 unspecified atom stereocenters. The van der Waals surface area contributed by atoms with Crippen LogP contribution in [0.4, 0.5) is 24.5 Å². The maximum absolute atomic E-state index is 12.8. The predicted octanol–water partition coefficient (Wildman–Crippen LogP) is 3.62. The molecule has 0 saturated carbocycles. The van der Waals surface area contributed by atoms with E-state index >= 15 is 0 Å². The summed E-state index contributed by atoms with van der Waals surface area (Å²) >= 11 is 0. The maximum Gasteiger partial charge on any atom is 0.416 e. The molecule has 0 aliphatic rings. The van der Waals surface area contributed by atoms with E-state index in [1.54, 1.807) is 0 Å². The molecule has 34 heavy (non-hydrogen) atoms. The van der Waals surface area contributed by atoms with Crippen molar-refractivity contribution in [2.75, 3.05) is 17.2 Å². The molecule has 178 valence electrons. The molecule has 0 bridgehead atoms. The van der Waals surface area contributed by atoms with Gasteiger partial charge < -0.3 is 15.4 Å². The lowest BCUT2D eigenvalue weighted by atomic mass is 10.2. The molecule has 3 aromatic rings. The number of carbonyl (C=O) groups is 2. The number of amides is 2. The topological polar surface area (TPSA) is 128 Å². The van der Waals surface area contributed by atoms with Gasteiger partial charge in [0, 0.05) is 16.9 Å². The van der Waals surface area contributed by atoms with Gasteiger partial charge in [-0.25, -0.2) is 13.6 Å². The molecule has 0 spiro atoms. The molecule has 3 rings (SSSR count). The molecular weight excluding hydrogens is 475 g/mol. The molecule has 0 saturated heterocycles. The number of primary sulfonamides is 1. The van der Waals surface area contributed by atoms with Crippen LogP contribution in [0.3, 0.4) is 0 Å². The summed E-state index contributed by atoms with van der Waals surface area (Å²) in [6.45, 7) is -0.470. The second-order valence-corrected chi connectivity index (χ2v) is 8.53. The summed E-state index contributed by atoms with van der Waals surface area (Å²) in [5.41, 5.74) is -0.469. The molecule has 8 nitrogen and oxygen atoms in total. The lowest BCUT2D eigenvalue weighted by Crippen LogP contribution is -2.20. The number of anilines is 2. The van der Waals surface area contributed by atoms with Gasteiger partial charge in [0.25, 0.3) is 11.8 Å². The first-order valence-electron chi connectivity index (χ1n) is 9.56. The van der Waals surface area contributed by atoms with Crippen molar-refractivity contribution in [3.63, 3.8) is 0 Å². The van der Waals surface area contributed by atoms with Crippen LogP contribution in [-0.4, -0.2) is 26.8 Å². The Morgan fingerprint density at radius 2 is 1.50 bits per heavy atom. The minimum absolute atomic E-state index is 0.0260. The first kappa shape index (κ1) is 24.7. The van der Waals surface area contributed by atoms with E-state index < -0.39 is 40.2 Å². The van der Waals surface area contributed by atoms with Crippen LogP contribution in [0.25, 0.3) is 0 Å². The Balaban J connectivity index is 1.56. The number of alkyl halides is 3. The van der Waals surface area contributed by atoms with E-state index in [0.717, 1.165) is 12.1 Å². The molecule has 0 atom stereocenters. The van der Waals surface area contributed by atoms with Crippen molar-refractivity contribution in [2.24, 2.45) is 5.14 Å². The van der Waals surface area contributed by atoms with Crippen molar-refractivity contribution in [2.45, 2.75) is 11.1 Å². The number of carbonyl (C=O) groups excluding carboxylic acids is 2. The van der Waals surface area contributed by atoms with Crippen molar-refractivity contribution in [3.05, 3.63) is 83.9 Å². The number of sulfonamides is 1. The zero-order valence-electron chi connectivity index (χ0n) is 17.3. The number of rotatable bonds is 7. The van der Waals surface area contributed by atoms with Crippen LogP contribution in [0.5, 0.6) is 5.75 Å². The number of halogens is 3. The smallest absolute Gasteiger partial charge is 0.416 e. The molecule has 0 aliphatic heterocycles. The molecule has 0 aliphatic carbocycles. The predicted molar refractivity (Wildman–Crippen MR) is 118 cm³/mol. The van der Waals surface area contributed by atoms with Crippen molar-refractivity contribution < 1.29 is 35.9 Å². The maximum atomic E-state index is 12.8. The third-order valence-electron chi connectivity index (χ3n) is 4.38. The summed E-state index contributed by atoms with van der Waals surface area (Å²) in [6.07, 6.45) is -4.53. The Hall–Kier alpha value is -3.90. The Bertz CT molecular complexity index is 1310. The van der Waals surface area contributed by atoms with Gasteiger partial charge in [-0.15, -0.1) is 0 Å². The fraction of sp³-hybridized carbons (Fsp3) is 0.0909. The van der Waals surface area contributed by atoms with Gasteiger partial charge in [0.15, 0.2) is 6.61 Å². The van der Waals surface area contributed by atoms with Crippen LogP contribution < -0.4 is 20.5 Å². The van der Waals surface area contributed by atoms with Crippen molar-refractivity contribution >= 4 is 33.2 Å². The zero-order chi connectivity index (χ0) is 24.9. The average molecular weight is 493 g/mol. The van der Waals surface area contributed by atoms with Crippen LogP contribution >= 0.6 is 0 Å². The quantitative estimate of drug-likeness (QED) is 0.463. The molecule has 0 fully saturated rings. The fourth-order valence-corrected chi connectivity index (χ4v) is 3.34. The van der Waals surface area contributed by atoms with E-state index in [2.05, 4.69) is 10.6 Å². The van der Waals surface area contributed by atoms with Gasteiger partial charge in [-0.2, -0.15) is 13.2 Å². The Morgan fingerprint density at radius 3 is 2.12 bits per heavy atom. The van der Waals surface area contributed by atoms with E-state index in [1.165, 1.54) is 60.7 Å². The Kier molecular flexibility index (Phi) is 7.23. The van der Waals surface area contributed by atoms with E-state index in [-0.39, 0.29) is 27.6 Å². The summed E-state index contributed by atoms with van der Waals surface area (Å²) in [4.78, 5) is 24.2. The second kappa shape index (κ2) is 9.93. The van der Waals surface area contributed by atoms with Gasteiger partial charge in [-0.1, -0.05) is 12.1 Å². The summed E-state index contributed by atoms with van der Waals surface area (Å²) in [7, 11) is -3.92. The minimum Gasteiger partial charge on any atom is -0.484 e. The average Bonchev–Trinajstić information content (AvgIpc) is 2.77. The SMILES string of the molecule is NS(=O)(=O)c1cccc(NC(=O)c2ccc(OCC(=O)Nc3cccc(C(F)(F)F)c3)cc2)c1. The molecule has 3 aromatic carbocycles. The van der Waals surface area contributed by atoms with E-state index in [0.29, 0.717) is 0 Å². The summed E-state index contributed by atoms with van der Waals surface area (Å²) in [6, 6.07) is 15.3. The Labute approximate surface area is 192 Å². The summed E-state index contributed by atoms with van der Waals surface area (Å²) in [5.74, 6) is -0.955. The summed E-state index contributed by atoms with van der Waals surface area (Å²) in [5, 5.41) is 9.93. The van der Waals surface area contributed by atoms with Gasteiger partial charge in [0.05, 0.1) is 10.5 Å². The molecule has 4 N–H and O–H groups in total. The molecule has 0 aromatic heterocycles.